The fraction of sp³-hybridized carbons (Fsp3) is 0.455. The molecule has 1 amide bonds. The van der Waals surface area contributed by atoms with Crippen LogP contribution in [0.4, 0.5) is 21.5 Å². The Kier molecular flexibility index (Phi) is 14.9. The van der Waals surface area contributed by atoms with Gasteiger partial charge >= 0.3 is 0 Å². The minimum atomic E-state index is -4.32. The molecule has 4 heterocycles. The van der Waals surface area contributed by atoms with Gasteiger partial charge in [0, 0.05) is 62.6 Å². The van der Waals surface area contributed by atoms with Crippen LogP contribution in [-0.2, 0) is 19.5 Å². The molecule has 17 heteroatoms. The number of nitrogens with zero attached hydrogens (tertiary/aromatic N) is 4. The van der Waals surface area contributed by atoms with Crippen LogP contribution in [0.15, 0.2) is 89.1 Å². The van der Waals surface area contributed by atoms with Crippen molar-refractivity contribution in [3.05, 3.63) is 89.8 Å². The number of fused-ring (bicyclic) bond motifs is 1. The predicted molar refractivity (Wildman–Crippen MR) is 256 cm³/mol. The first-order valence-electron chi connectivity index (χ1n) is 20.6. The van der Waals surface area contributed by atoms with Gasteiger partial charge in [-0.25, -0.2) is 22.5 Å². The number of sulfonamides is 1. The van der Waals surface area contributed by atoms with Crippen molar-refractivity contribution >= 4 is 89.8 Å². The van der Waals surface area contributed by atoms with Gasteiger partial charge < -0.3 is 29.4 Å². The maximum atomic E-state index is 14.0. The van der Waals surface area contributed by atoms with Crippen LogP contribution >= 0.6 is 45.7 Å². The number of alkyl halides is 1. The number of anilines is 3. The zero-order valence-electron chi connectivity index (χ0n) is 34.8. The summed E-state index contributed by atoms with van der Waals surface area (Å²) < 4.78 is 63.2. The molecule has 0 bridgehead atoms. The average Bonchev–Trinajstić information content (AvgIpc) is 3.71. The Morgan fingerprint density at radius 3 is 2.66 bits per heavy atom. The third kappa shape index (κ3) is 11.8. The average molecular weight is 1080 g/mol. The van der Waals surface area contributed by atoms with Crippen molar-refractivity contribution < 1.29 is 31.8 Å². The summed E-state index contributed by atoms with van der Waals surface area (Å²) in [5.41, 5.74) is 6.73. The van der Waals surface area contributed by atoms with E-state index in [-0.39, 0.29) is 27.7 Å². The van der Waals surface area contributed by atoms with E-state index in [0.29, 0.717) is 61.1 Å². The van der Waals surface area contributed by atoms with E-state index < -0.39 is 22.1 Å². The van der Waals surface area contributed by atoms with Crippen LogP contribution in [0.3, 0.4) is 0 Å². The highest BCUT2D eigenvalue weighted by Gasteiger charge is 2.30. The van der Waals surface area contributed by atoms with Gasteiger partial charge in [0.2, 0.25) is 0 Å². The minimum absolute atomic E-state index is 0.0577. The molecule has 0 radical (unpaired) electrons. The van der Waals surface area contributed by atoms with Crippen molar-refractivity contribution in [2.24, 2.45) is 5.41 Å². The lowest BCUT2D eigenvalue weighted by Crippen LogP contribution is -2.47. The maximum absolute atomic E-state index is 14.0. The van der Waals surface area contributed by atoms with Gasteiger partial charge in [-0.05, 0) is 92.5 Å². The van der Waals surface area contributed by atoms with Crippen LogP contribution in [0.1, 0.15) is 63.2 Å². The highest BCUT2D eigenvalue weighted by molar-refractivity contribution is 14.2. The van der Waals surface area contributed by atoms with Crippen LogP contribution in [0.5, 0.6) is 11.5 Å². The second kappa shape index (κ2) is 19.9. The number of carbonyl (C=O) groups is 1. The lowest BCUT2D eigenvalue weighted by Gasteiger charge is -2.39. The smallest absolute Gasteiger partial charge is 0.268 e. The Labute approximate surface area is 385 Å². The number of H-pyrrole nitrogens is 1. The van der Waals surface area contributed by atoms with Crippen LogP contribution in [0, 0.1) is 5.41 Å². The van der Waals surface area contributed by atoms with Crippen LogP contribution in [0.2, 0.25) is 0 Å². The van der Waals surface area contributed by atoms with Crippen molar-refractivity contribution in [2.75, 3.05) is 70.6 Å². The van der Waals surface area contributed by atoms with E-state index in [1.807, 2.05) is 18.2 Å². The highest BCUT2D eigenvalue weighted by atomic mass is 127. The van der Waals surface area contributed by atoms with Gasteiger partial charge in [-0.2, -0.15) is 0 Å². The van der Waals surface area contributed by atoms with Crippen molar-refractivity contribution in [3.63, 3.8) is 0 Å². The number of piperazine rings is 1. The number of aromatic nitrogens is 2. The number of allylic oxidation sites excluding steroid dienone is 2. The molecule has 61 heavy (non-hydrogen) atoms. The number of amides is 1. The topological polar surface area (TPSA) is 141 Å². The Hall–Kier alpha value is -3.50. The lowest BCUT2D eigenvalue weighted by atomic mass is 9.73. The number of pyridine rings is 1. The van der Waals surface area contributed by atoms with Crippen LogP contribution in [-0.4, -0.2) is 101 Å². The van der Waals surface area contributed by atoms with Gasteiger partial charge in [0.05, 0.1) is 99.7 Å². The summed E-state index contributed by atoms with van der Waals surface area (Å²) in [7, 11) is -4.32. The van der Waals surface area contributed by atoms with Gasteiger partial charge in [-0.3, -0.25) is 11.0 Å². The number of hydrogen-bond donors (Lipinski definition) is 3. The Morgan fingerprint density at radius 1 is 1.11 bits per heavy atom. The van der Waals surface area contributed by atoms with Gasteiger partial charge in [0.25, 0.3) is 15.9 Å². The third-order valence-electron chi connectivity index (χ3n) is 11.7. The largest absolute Gasteiger partial charge is 0.455 e. The molecule has 328 valence electrons. The molecule has 2 fully saturated rings. The molecule has 13 nitrogen and oxygen atoms in total. The van der Waals surface area contributed by atoms with Gasteiger partial charge in [-0.15, -0.1) is 0 Å². The second-order valence-corrected chi connectivity index (χ2v) is 22.2. The molecule has 0 saturated carbocycles. The molecular weight excluding hydrogens is 1030 g/mol. The van der Waals surface area contributed by atoms with E-state index in [1.54, 1.807) is 38.8 Å². The zero-order valence-corrected chi connectivity index (χ0v) is 39.9. The van der Waals surface area contributed by atoms with Gasteiger partial charge in [0.15, 0.2) is 0 Å². The normalized spacial score (nSPS) is 19.1. The predicted octanol–water partition coefficient (Wildman–Crippen LogP) is 9.13. The fourth-order valence-electron chi connectivity index (χ4n) is 8.02. The Bertz CT molecular complexity index is 2360. The van der Waals surface area contributed by atoms with E-state index in [1.165, 1.54) is 23.3 Å². The molecule has 2 atom stereocenters. The molecular formula is C44H54FI2N7O6S. The first kappa shape index (κ1) is 45.5. The standard InChI is InChI=1S/C44H54FI2N7O6S/c1-29(30(2)45)5-6-32-24-44(3,4)13-11-33(32)27-52-15-17-53(18-16-52)34-7-9-38(41(22-34)60-35-21-31-12-14-48-42(31)50-25-35)43(55)51-61(56,57)37-8-10-39(40(23-37)54(46)47)49-26-36-28-58-19-20-59-36/h7-10,12,14,21-23,25,30,36,49H,1,5-6,11,13,15-20,24,26-28H2,2-4H3,(H,48,50)(H,51,55)/t30?,36-/m0/s1. The quantitative estimate of drug-likeness (QED) is 0.0562. The van der Waals surface area contributed by atoms with E-state index in [0.717, 1.165) is 69.5 Å². The Morgan fingerprint density at radius 2 is 1.92 bits per heavy atom. The first-order valence-corrected chi connectivity index (χ1v) is 24.1. The number of nitrogens with one attached hydrogen (secondary N) is 3. The molecule has 0 spiro atoms. The molecule has 1 unspecified atom stereocenters. The summed E-state index contributed by atoms with van der Waals surface area (Å²) in [4.78, 5) is 26.2. The van der Waals surface area contributed by atoms with Gasteiger partial charge in [0.1, 0.15) is 23.3 Å². The molecule has 2 aliphatic heterocycles. The SMILES string of the molecule is C=C(CCC1=C(CN2CCN(c3ccc(C(=O)NS(=O)(=O)c4ccc(NC[C@H]5COCCO5)c(N(I)I)c4)c(Oc4cnc5[nH]ccc5c4)c3)CC2)CCC(C)(C)C1)C(C)F. The second-order valence-electron chi connectivity index (χ2n) is 16.7. The number of benzene rings is 2. The number of aromatic amines is 1. The summed E-state index contributed by atoms with van der Waals surface area (Å²) in [5, 5.41) is 4.16. The summed E-state index contributed by atoms with van der Waals surface area (Å²) in [6.45, 7) is 16.3. The summed E-state index contributed by atoms with van der Waals surface area (Å²) in [5.74, 6) is -0.226. The van der Waals surface area contributed by atoms with Gasteiger partial charge in [-0.1, -0.05) is 31.6 Å². The monoisotopic (exact) mass is 1080 g/mol. The molecule has 2 aromatic heterocycles. The Balaban J connectivity index is 1.08. The fourth-order valence-corrected chi connectivity index (χ4v) is 9.81. The van der Waals surface area contributed by atoms with Crippen molar-refractivity contribution in [2.45, 2.75) is 70.0 Å². The number of carbonyl (C=O) groups excluding carboxylic acids is 1. The van der Waals surface area contributed by atoms with Crippen LogP contribution in [0.25, 0.3) is 11.0 Å². The van der Waals surface area contributed by atoms with E-state index in [4.69, 9.17) is 14.2 Å². The first-order chi connectivity index (χ1) is 29.1. The van der Waals surface area contributed by atoms with E-state index in [2.05, 4.69) is 96.0 Å². The lowest BCUT2D eigenvalue weighted by molar-refractivity contribution is -0.0818. The summed E-state index contributed by atoms with van der Waals surface area (Å²) >= 11 is 4.13. The highest BCUT2D eigenvalue weighted by Crippen LogP contribution is 2.41. The zero-order chi connectivity index (χ0) is 43.3. The van der Waals surface area contributed by atoms with Crippen molar-refractivity contribution in [3.8, 4) is 11.5 Å². The van der Waals surface area contributed by atoms with Crippen LogP contribution < -0.4 is 21.0 Å². The number of rotatable bonds is 16. The molecule has 4 aromatic rings. The number of hydrogen-bond acceptors (Lipinski definition) is 11. The van der Waals surface area contributed by atoms with Crippen molar-refractivity contribution in [1.82, 2.24) is 19.6 Å². The summed E-state index contributed by atoms with van der Waals surface area (Å²) in [6, 6.07) is 13.6. The third-order valence-corrected chi connectivity index (χ3v) is 14.0. The van der Waals surface area contributed by atoms with E-state index >= 15 is 0 Å². The molecule has 3 N–H and O–H groups in total. The van der Waals surface area contributed by atoms with E-state index in [9.17, 15) is 17.6 Å². The molecule has 7 rings (SSSR count). The molecule has 2 aromatic carbocycles. The molecule has 1 aliphatic carbocycles. The maximum Gasteiger partial charge on any atom is 0.268 e. The molecule has 3 aliphatic rings. The number of ether oxygens (including phenoxy) is 3. The van der Waals surface area contributed by atoms with Crippen molar-refractivity contribution in [1.29, 1.82) is 0 Å². The number of halogens is 3. The summed E-state index contributed by atoms with van der Waals surface area (Å²) in [6.07, 6.45) is 6.97. The molecule has 2 saturated heterocycles. The minimum Gasteiger partial charge on any atom is -0.455 e.